The molecule has 1 aliphatic rings. The molecular weight excluding hydrogens is 308 g/mol. The number of carbonyl (C=O) groups excluding carboxylic acids is 1. The Morgan fingerprint density at radius 1 is 1.50 bits per heavy atom. The van der Waals surface area contributed by atoms with Crippen molar-refractivity contribution in [3.05, 3.63) is 23.8 Å². The number of oxazole rings is 1. The number of likely N-dealkylation sites (tertiary alicyclic amines) is 1. The highest BCUT2D eigenvalue weighted by Gasteiger charge is 2.29. The Kier molecular flexibility index (Phi) is 4.73. The van der Waals surface area contributed by atoms with E-state index in [0.717, 1.165) is 29.6 Å². The molecule has 24 heavy (non-hydrogen) atoms. The molecule has 1 aromatic heterocycles. The van der Waals surface area contributed by atoms with Crippen molar-refractivity contribution in [1.29, 1.82) is 0 Å². The van der Waals surface area contributed by atoms with Crippen LogP contribution in [0.4, 0.5) is 6.01 Å². The number of likely N-dealkylation sites (N-methyl/N-ethyl adjacent to an activating group) is 1. The van der Waals surface area contributed by atoms with Crippen molar-refractivity contribution < 1.29 is 14.3 Å². The molecule has 1 amide bonds. The van der Waals surface area contributed by atoms with E-state index >= 15 is 0 Å². The minimum absolute atomic E-state index is 0.0444. The van der Waals surface area contributed by atoms with E-state index in [1.807, 2.05) is 30.0 Å². The average Bonchev–Trinajstić information content (AvgIpc) is 2.91. The molecule has 7 heteroatoms. The number of amides is 1. The Balaban J connectivity index is 1.61. The zero-order chi connectivity index (χ0) is 17.3. The summed E-state index contributed by atoms with van der Waals surface area (Å²) in [4.78, 5) is 19.7. The van der Waals surface area contributed by atoms with Crippen LogP contribution in [0.3, 0.4) is 0 Å². The fraction of sp³-hybridized carbons (Fsp3) is 0.529. The van der Waals surface area contributed by atoms with Gasteiger partial charge in [0.1, 0.15) is 5.52 Å². The second-order valence-corrected chi connectivity index (χ2v) is 6.62. The lowest BCUT2D eigenvalue weighted by Gasteiger charge is -2.35. The molecule has 0 radical (unpaired) electrons. The number of aliphatic hydroxyl groups is 1. The number of aliphatic hydroxyl groups excluding tert-OH is 1. The molecule has 0 spiro atoms. The van der Waals surface area contributed by atoms with Gasteiger partial charge in [-0.2, -0.15) is 4.98 Å². The number of hydrogen-bond acceptors (Lipinski definition) is 6. The number of β-amino-alcohol motifs (C(OH)–C–C–N with tert-alkyl or cyclic N) is 1. The average molecular weight is 332 g/mol. The molecule has 3 rings (SSSR count). The fourth-order valence-electron chi connectivity index (χ4n) is 2.90. The molecule has 1 aliphatic heterocycles. The summed E-state index contributed by atoms with van der Waals surface area (Å²) in [5, 5.41) is 13.6. The second-order valence-electron chi connectivity index (χ2n) is 6.62. The molecule has 0 saturated carbocycles. The van der Waals surface area contributed by atoms with Gasteiger partial charge < -0.3 is 19.7 Å². The maximum absolute atomic E-state index is 11.8. The monoisotopic (exact) mass is 332 g/mol. The van der Waals surface area contributed by atoms with Crippen LogP contribution in [-0.4, -0.2) is 71.7 Å². The number of hydrogen-bond donors (Lipinski definition) is 2. The van der Waals surface area contributed by atoms with Crippen LogP contribution in [0.15, 0.2) is 22.6 Å². The van der Waals surface area contributed by atoms with Gasteiger partial charge in [0.25, 0.3) is 6.01 Å². The number of aromatic nitrogens is 1. The third-order valence-corrected chi connectivity index (χ3v) is 4.38. The summed E-state index contributed by atoms with van der Waals surface area (Å²) in [5.74, 6) is 0.0444. The molecule has 2 atom stereocenters. The van der Waals surface area contributed by atoms with E-state index in [1.54, 1.807) is 19.0 Å². The standard InChI is InChI=1S/C17H24N4O3/c1-11-4-5-15-13(8-11)19-17(24-15)18-12-6-7-21(9-14(12)22)10-16(23)20(2)3/h4-5,8,12,14,22H,6-7,9-10H2,1-3H3,(H,18,19). The van der Waals surface area contributed by atoms with Crippen LogP contribution in [0.1, 0.15) is 12.0 Å². The maximum Gasteiger partial charge on any atom is 0.295 e. The number of rotatable bonds is 4. The van der Waals surface area contributed by atoms with E-state index in [-0.39, 0.29) is 11.9 Å². The zero-order valence-corrected chi connectivity index (χ0v) is 14.3. The molecule has 7 nitrogen and oxygen atoms in total. The van der Waals surface area contributed by atoms with Gasteiger partial charge in [0, 0.05) is 27.2 Å². The molecule has 0 aliphatic carbocycles. The summed E-state index contributed by atoms with van der Waals surface area (Å²) in [6.45, 7) is 3.54. The normalized spacial score (nSPS) is 21.8. The van der Waals surface area contributed by atoms with E-state index in [0.29, 0.717) is 19.1 Å². The largest absolute Gasteiger partial charge is 0.424 e. The summed E-state index contributed by atoms with van der Waals surface area (Å²) in [7, 11) is 3.48. The fourth-order valence-corrected chi connectivity index (χ4v) is 2.90. The first-order valence-electron chi connectivity index (χ1n) is 8.16. The number of fused-ring (bicyclic) bond motifs is 1. The number of nitrogens with zero attached hydrogens (tertiary/aromatic N) is 3. The first kappa shape index (κ1) is 16.7. The minimum Gasteiger partial charge on any atom is -0.424 e. The second kappa shape index (κ2) is 6.78. The van der Waals surface area contributed by atoms with Crippen molar-refractivity contribution in [3.8, 4) is 0 Å². The number of nitrogens with one attached hydrogen (secondary N) is 1. The van der Waals surface area contributed by atoms with Crippen LogP contribution >= 0.6 is 0 Å². The van der Waals surface area contributed by atoms with Gasteiger partial charge in [-0.3, -0.25) is 9.69 Å². The summed E-state index contributed by atoms with van der Waals surface area (Å²) in [6.07, 6.45) is 0.144. The highest BCUT2D eigenvalue weighted by molar-refractivity contribution is 5.77. The van der Waals surface area contributed by atoms with Crippen LogP contribution in [0.25, 0.3) is 11.1 Å². The zero-order valence-electron chi connectivity index (χ0n) is 14.3. The number of anilines is 1. The topological polar surface area (TPSA) is 81.8 Å². The lowest BCUT2D eigenvalue weighted by molar-refractivity contribution is -0.130. The predicted octanol–water partition coefficient (Wildman–Crippen LogP) is 1.07. The van der Waals surface area contributed by atoms with E-state index in [4.69, 9.17) is 4.42 Å². The van der Waals surface area contributed by atoms with Gasteiger partial charge in [-0.1, -0.05) is 6.07 Å². The summed E-state index contributed by atoms with van der Waals surface area (Å²) in [6, 6.07) is 6.14. The first-order valence-corrected chi connectivity index (χ1v) is 8.16. The van der Waals surface area contributed by atoms with Gasteiger partial charge in [-0.25, -0.2) is 0 Å². The first-order chi connectivity index (χ1) is 11.4. The highest BCUT2D eigenvalue weighted by atomic mass is 16.4. The summed E-state index contributed by atoms with van der Waals surface area (Å²) >= 11 is 0. The van der Waals surface area contributed by atoms with Crippen molar-refractivity contribution in [2.45, 2.75) is 25.5 Å². The Hall–Kier alpha value is -2.12. The molecule has 2 unspecified atom stereocenters. The van der Waals surface area contributed by atoms with Gasteiger partial charge in [0.15, 0.2) is 5.58 Å². The van der Waals surface area contributed by atoms with Crippen molar-refractivity contribution in [1.82, 2.24) is 14.8 Å². The smallest absolute Gasteiger partial charge is 0.295 e. The molecule has 1 aromatic carbocycles. The highest BCUT2D eigenvalue weighted by Crippen LogP contribution is 2.22. The van der Waals surface area contributed by atoms with E-state index < -0.39 is 6.10 Å². The SMILES string of the molecule is Cc1ccc2oc(NC3CCN(CC(=O)N(C)C)CC3O)nc2c1. The Morgan fingerprint density at radius 2 is 2.29 bits per heavy atom. The number of carbonyl (C=O) groups is 1. The van der Waals surface area contributed by atoms with Crippen LogP contribution in [-0.2, 0) is 4.79 Å². The van der Waals surface area contributed by atoms with Crippen LogP contribution in [0.5, 0.6) is 0 Å². The van der Waals surface area contributed by atoms with Crippen LogP contribution < -0.4 is 5.32 Å². The van der Waals surface area contributed by atoms with Crippen molar-refractivity contribution in [2.75, 3.05) is 39.0 Å². The van der Waals surface area contributed by atoms with Gasteiger partial charge in [0.05, 0.1) is 18.7 Å². The maximum atomic E-state index is 11.8. The van der Waals surface area contributed by atoms with E-state index in [1.165, 1.54) is 0 Å². The molecular formula is C17H24N4O3. The third-order valence-electron chi connectivity index (χ3n) is 4.38. The number of benzene rings is 1. The molecule has 2 N–H and O–H groups in total. The molecule has 1 fully saturated rings. The predicted molar refractivity (Wildman–Crippen MR) is 91.9 cm³/mol. The number of piperidine rings is 1. The van der Waals surface area contributed by atoms with Crippen molar-refractivity contribution >= 4 is 23.0 Å². The van der Waals surface area contributed by atoms with Crippen LogP contribution in [0.2, 0.25) is 0 Å². The summed E-state index contributed by atoms with van der Waals surface area (Å²) in [5.41, 5.74) is 2.66. The van der Waals surface area contributed by atoms with Gasteiger partial charge in [-0.15, -0.1) is 0 Å². The lowest BCUT2D eigenvalue weighted by Crippen LogP contribution is -2.52. The molecule has 1 saturated heterocycles. The van der Waals surface area contributed by atoms with Gasteiger partial charge >= 0.3 is 0 Å². The van der Waals surface area contributed by atoms with Gasteiger partial charge in [-0.05, 0) is 31.0 Å². The Labute approximate surface area is 141 Å². The number of aryl methyl sites for hydroxylation is 1. The summed E-state index contributed by atoms with van der Waals surface area (Å²) < 4.78 is 5.69. The Morgan fingerprint density at radius 3 is 3.00 bits per heavy atom. The minimum atomic E-state index is -0.578. The molecule has 2 heterocycles. The lowest BCUT2D eigenvalue weighted by atomic mass is 10.0. The quantitative estimate of drug-likeness (QED) is 0.872. The van der Waals surface area contributed by atoms with E-state index in [2.05, 4.69) is 10.3 Å². The van der Waals surface area contributed by atoms with Gasteiger partial charge in [0.2, 0.25) is 5.91 Å². The third kappa shape index (κ3) is 3.68. The van der Waals surface area contributed by atoms with Crippen molar-refractivity contribution in [2.24, 2.45) is 0 Å². The molecule has 2 aromatic rings. The molecule has 0 bridgehead atoms. The van der Waals surface area contributed by atoms with E-state index in [9.17, 15) is 9.90 Å². The molecule has 130 valence electrons. The Bertz CT molecular complexity index is 728. The van der Waals surface area contributed by atoms with Crippen molar-refractivity contribution in [3.63, 3.8) is 0 Å². The van der Waals surface area contributed by atoms with Crippen LogP contribution in [0, 0.1) is 6.92 Å².